The monoisotopic (exact) mass is 253 g/mol. The zero-order valence-electron chi connectivity index (χ0n) is 10.5. The van der Waals surface area contributed by atoms with Gasteiger partial charge in [0.05, 0.1) is 12.8 Å². The fraction of sp³-hybridized carbons (Fsp3) is 0.417. The summed E-state index contributed by atoms with van der Waals surface area (Å²) in [5, 5.41) is 6.86. The maximum Gasteiger partial charge on any atom is 0.170 e. The van der Waals surface area contributed by atoms with Crippen LogP contribution in [0.4, 0.5) is 5.69 Å². The highest BCUT2D eigenvalue weighted by atomic mass is 32.1. The Balaban J connectivity index is 2.45. The number of nitrogens with zero attached hydrogens (tertiary/aromatic N) is 1. The van der Waals surface area contributed by atoms with Gasteiger partial charge >= 0.3 is 0 Å². The van der Waals surface area contributed by atoms with Gasteiger partial charge in [-0.1, -0.05) is 12.1 Å². The highest BCUT2D eigenvalue weighted by Gasteiger charge is 2.02. The van der Waals surface area contributed by atoms with Crippen LogP contribution in [0.2, 0.25) is 0 Å². The first kappa shape index (κ1) is 13.7. The summed E-state index contributed by atoms with van der Waals surface area (Å²) in [6.07, 6.45) is 0. The molecule has 1 aromatic rings. The van der Waals surface area contributed by atoms with Crippen molar-refractivity contribution in [3.05, 3.63) is 24.3 Å². The molecule has 0 fully saturated rings. The van der Waals surface area contributed by atoms with E-state index in [1.807, 2.05) is 38.4 Å². The lowest BCUT2D eigenvalue weighted by atomic mass is 10.3. The first-order valence-electron chi connectivity index (χ1n) is 5.46. The quantitative estimate of drug-likeness (QED) is 0.779. The van der Waals surface area contributed by atoms with Gasteiger partial charge in [-0.25, -0.2) is 0 Å². The first-order chi connectivity index (χ1) is 8.13. The van der Waals surface area contributed by atoms with Gasteiger partial charge in [0.2, 0.25) is 0 Å². The van der Waals surface area contributed by atoms with E-state index in [1.54, 1.807) is 7.11 Å². The van der Waals surface area contributed by atoms with E-state index in [4.69, 9.17) is 17.0 Å². The fourth-order valence-electron chi connectivity index (χ4n) is 1.31. The van der Waals surface area contributed by atoms with Gasteiger partial charge in [0, 0.05) is 13.1 Å². The molecule has 0 unspecified atom stereocenters. The van der Waals surface area contributed by atoms with Crippen LogP contribution in [0.5, 0.6) is 5.75 Å². The molecule has 0 aliphatic rings. The number of nitrogens with one attached hydrogen (secondary N) is 2. The van der Waals surface area contributed by atoms with Gasteiger partial charge in [-0.2, -0.15) is 0 Å². The molecule has 0 saturated heterocycles. The molecule has 0 bridgehead atoms. The van der Waals surface area contributed by atoms with Crippen LogP contribution in [0.25, 0.3) is 0 Å². The van der Waals surface area contributed by atoms with Crippen LogP contribution in [-0.2, 0) is 0 Å². The minimum absolute atomic E-state index is 0.608. The van der Waals surface area contributed by atoms with Gasteiger partial charge in [0.1, 0.15) is 5.75 Å². The molecule has 0 aromatic heterocycles. The van der Waals surface area contributed by atoms with Gasteiger partial charge < -0.3 is 20.3 Å². The van der Waals surface area contributed by atoms with E-state index in [0.717, 1.165) is 24.5 Å². The number of methoxy groups -OCH3 is 1. The van der Waals surface area contributed by atoms with Crippen LogP contribution in [0, 0.1) is 0 Å². The Hall–Kier alpha value is -1.33. The van der Waals surface area contributed by atoms with Gasteiger partial charge in [-0.3, -0.25) is 0 Å². The third kappa shape index (κ3) is 5.01. The number of anilines is 1. The van der Waals surface area contributed by atoms with Gasteiger partial charge in [0.25, 0.3) is 0 Å². The summed E-state index contributed by atoms with van der Waals surface area (Å²) in [6.45, 7) is 1.75. The van der Waals surface area contributed by atoms with E-state index in [1.165, 1.54) is 0 Å². The molecule has 0 saturated carbocycles. The Morgan fingerprint density at radius 3 is 2.71 bits per heavy atom. The minimum atomic E-state index is 0.608. The SMILES string of the molecule is COc1ccccc1NC(=S)NCCN(C)C. The molecule has 17 heavy (non-hydrogen) atoms. The lowest BCUT2D eigenvalue weighted by molar-refractivity contribution is 0.412. The van der Waals surface area contributed by atoms with E-state index in [0.29, 0.717) is 5.11 Å². The maximum atomic E-state index is 5.23. The average molecular weight is 253 g/mol. The summed E-state index contributed by atoms with van der Waals surface area (Å²) in [7, 11) is 5.69. The summed E-state index contributed by atoms with van der Waals surface area (Å²) in [4.78, 5) is 2.10. The number of hydrogen-bond acceptors (Lipinski definition) is 3. The van der Waals surface area contributed by atoms with Crippen LogP contribution in [0.3, 0.4) is 0 Å². The van der Waals surface area contributed by atoms with E-state index >= 15 is 0 Å². The molecule has 4 nitrogen and oxygen atoms in total. The van der Waals surface area contributed by atoms with Crippen molar-refractivity contribution in [1.82, 2.24) is 10.2 Å². The molecule has 0 spiro atoms. The molecular formula is C12H19N3OS. The van der Waals surface area contributed by atoms with Crippen molar-refractivity contribution in [2.24, 2.45) is 0 Å². The van der Waals surface area contributed by atoms with Crippen molar-refractivity contribution in [1.29, 1.82) is 0 Å². The number of hydrogen-bond donors (Lipinski definition) is 2. The number of ether oxygens (including phenoxy) is 1. The Bertz CT molecular complexity index is 369. The Morgan fingerprint density at radius 1 is 1.35 bits per heavy atom. The number of para-hydroxylation sites is 2. The molecular weight excluding hydrogens is 234 g/mol. The summed E-state index contributed by atoms with van der Waals surface area (Å²) in [5.41, 5.74) is 0.873. The second kappa shape index (κ2) is 7.09. The van der Waals surface area contributed by atoms with Crippen LogP contribution in [0.1, 0.15) is 0 Å². The molecule has 0 amide bonds. The maximum absolute atomic E-state index is 5.23. The first-order valence-corrected chi connectivity index (χ1v) is 5.87. The Morgan fingerprint density at radius 2 is 2.06 bits per heavy atom. The standard InChI is InChI=1S/C12H19N3OS/c1-15(2)9-8-13-12(17)14-10-6-4-5-7-11(10)16-3/h4-7H,8-9H2,1-3H3,(H2,13,14,17). The predicted octanol–water partition coefficient (Wildman–Crippen LogP) is 1.54. The molecule has 0 aliphatic heterocycles. The van der Waals surface area contributed by atoms with E-state index in [9.17, 15) is 0 Å². The Labute approximate surface area is 108 Å². The minimum Gasteiger partial charge on any atom is -0.495 e. The normalized spacial score (nSPS) is 10.1. The summed E-state index contributed by atoms with van der Waals surface area (Å²) in [6, 6.07) is 7.68. The van der Waals surface area contributed by atoms with Gasteiger partial charge in [0.15, 0.2) is 5.11 Å². The molecule has 2 N–H and O–H groups in total. The molecule has 94 valence electrons. The summed E-state index contributed by atoms with van der Waals surface area (Å²) in [5.74, 6) is 0.782. The molecule has 1 rings (SSSR count). The smallest absolute Gasteiger partial charge is 0.170 e. The van der Waals surface area contributed by atoms with E-state index < -0.39 is 0 Å². The lowest BCUT2D eigenvalue weighted by Crippen LogP contribution is -2.34. The average Bonchev–Trinajstić information content (AvgIpc) is 2.29. The number of benzene rings is 1. The molecule has 0 aliphatic carbocycles. The lowest BCUT2D eigenvalue weighted by Gasteiger charge is -2.14. The highest BCUT2D eigenvalue weighted by Crippen LogP contribution is 2.22. The van der Waals surface area contributed by atoms with Crippen LogP contribution in [0.15, 0.2) is 24.3 Å². The largest absolute Gasteiger partial charge is 0.495 e. The summed E-state index contributed by atoms with van der Waals surface area (Å²) < 4.78 is 5.23. The summed E-state index contributed by atoms with van der Waals surface area (Å²) >= 11 is 5.20. The third-order valence-electron chi connectivity index (χ3n) is 2.20. The van der Waals surface area contributed by atoms with Crippen LogP contribution >= 0.6 is 12.2 Å². The second-order valence-electron chi connectivity index (χ2n) is 3.88. The molecule has 0 heterocycles. The number of rotatable bonds is 5. The topological polar surface area (TPSA) is 36.5 Å². The number of likely N-dealkylation sites (N-methyl/N-ethyl adjacent to an activating group) is 1. The third-order valence-corrected chi connectivity index (χ3v) is 2.45. The molecule has 0 atom stereocenters. The van der Waals surface area contributed by atoms with Crippen LogP contribution < -0.4 is 15.4 Å². The van der Waals surface area contributed by atoms with Gasteiger partial charge in [-0.05, 0) is 38.4 Å². The highest BCUT2D eigenvalue weighted by molar-refractivity contribution is 7.80. The zero-order chi connectivity index (χ0) is 12.7. The van der Waals surface area contributed by atoms with Crippen molar-refractivity contribution in [2.45, 2.75) is 0 Å². The second-order valence-corrected chi connectivity index (χ2v) is 4.29. The van der Waals surface area contributed by atoms with Crippen molar-refractivity contribution < 1.29 is 4.74 Å². The fourth-order valence-corrected chi connectivity index (χ4v) is 1.52. The van der Waals surface area contributed by atoms with Crippen molar-refractivity contribution >= 4 is 23.0 Å². The van der Waals surface area contributed by atoms with E-state index in [2.05, 4.69) is 15.5 Å². The zero-order valence-corrected chi connectivity index (χ0v) is 11.3. The Kier molecular flexibility index (Phi) is 5.72. The van der Waals surface area contributed by atoms with Crippen molar-refractivity contribution in [3.8, 4) is 5.75 Å². The van der Waals surface area contributed by atoms with Crippen molar-refractivity contribution in [3.63, 3.8) is 0 Å². The molecule has 0 radical (unpaired) electrons. The molecule has 1 aromatic carbocycles. The van der Waals surface area contributed by atoms with Gasteiger partial charge in [-0.15, -0.1) is 0 Å². The molecule has 5 heteroatoms. The van der Waals surface area contributed by atoms with Crippen molar-refractivity contribution in [2.75, 3.05) is 39.6 Å². The predicted molar refractivity (Wildman–Crippen MR) is 75.8 cm³/mol. The number of thiocarbonyl (C=S) groups is 1. The van der Waals surface area contributed by atoms with E-state index in [-0.39, 0.29) is 0 Å². The van der Waals surface area contributed by atoms with Crippen LogP contribution in [-0.4, -0.2) is 44.3 Å².